The van der Waals surface area contributed by atoms with Crippen molar-refractivity contribution in [2.45, 2.75) is 44.4 Å². The van der Waals surface area contributed by atoms with E-state index >= 15 is 0 Å². The summed E-state index contributed by atoms with van der Waals surface area (Å²) in [6.07, 6.45) is 5.17. The van der Waals surface area contributed by atoms with Gasteiger partial charge in [0.05, 0.1) is 8.61 Å². The standard InChI is InChI=1S/C12H17Br3S/c1-3-5-6-8(4-2)11(14)10-7-9(13)12(15)16-10/h7-8,11H,3-6H2,1-2H3. The Labute approximate surface area is 128 Å². The van der Waals surface area contributed by atoms with E-state index in [0.717, 1.165) is 5.92 Å². The summed E-state index contributed by atoms with van der Waals surface area (Å²) in [5, 5.41) is 0. The zero-order valence-corrected chi connectivity index (χ0v) is 15.2. The van der Waals surface area contributed by atoms with Crippen molar-refractivity contribution in [1.82, 2.24) is 0 Å². The van der Waals surface area contributed by atoms with Crippen molar-refractivity contribution in [1.29, 1.82) is 0 Å². The lowest BCUT2D eigenvalue weighted by Gasteiger charge is -2.19. The van der Waals surface area contributed by atoms with Gasteiger partial charge in [-0.15, -0.1) is 11.3 Å². The highest BCUT2D eigenvalue weighted by Gasteiger charge is 2.21. The van der Waals surface area contributed by atoms with Gasteiger partial charge in [0.15, 0.2) is 0 Å². The summed E-state index contributed by atoms with van der Waals surface area (Å²) in [5.41, 5.74) is 0. The molecule has 1 rings (SSSR count). The van der Waals surface area contributed by atoms with E-state index in [0.29, 0.717) is 4.83 Å². The van der Waals surface area contributed by atoms with Gasteiger partial charge in [0.1, 0.15) is 0 Å². The molecule has 0 amide bonds. The number of rotatable bonds is 6. The monoisotopic (exact) mass is 430 g/mol. The predicted octanol–water partition coefficient (Wildman–Crippen LogP) is 6.93. The Hall–Kier alpha value is 1.14. The molecule has 0 aliphatic rings. The second-order valence-electron chi connectivity index (χ2n) is 3.98. The molecule has 0 aliphatic carbocycles. The molecule has 0 bridgehead atoms. The number of unbranched alkanes of at least 4 members (excludes halogenated alkanes) is 1. The number of alkyl halides is 1. The summed E-state index contributed by atoms with van der Waals surface area (Å²) in [5.74, 6) is 0.748. The van der Waals surface area contributed by atoms with Crippen molar-refractivity contribution in [3.05, 3.63) is 19.2 Å². The second-order valence-corrected chi connectivity index (χ2v) is 8.23. The molecule has 4 heteroatoms. The molecule has 0 aliphatic heterocycles. The second kappa shape index (κ2) is 7.55. The van der Waals surface area contributed by atoms with E-state index in [2.05, 4.69) is 67.7 Å². The summed E-state index contributed by atoms with van der Waals surface area (Å²) >= 11 is 12.8. The molecule has 0 aromatic carbocycles. The van der Waals surface area contributed by atoms with Crippen LogP contribution in [0, 0.1) is 5.92 Å². The summed E-state index contributed by atoms with van der Waals surface area (Å²) < 4.78 is 2.36. The van der Waals surface area contributed by atoms with Gasteiger partial charge in [-0.3, -0.25) is 0 Å². The fraction of sp³-hybridized carbons (Fsp3) is 0.667. The summed E-state index contributed by atoms with van der Waals surface area (Å²) in [6.45, 7) is 4.54. The first kappa shape index (κ1) is 15.2. The topological polar surface area (TPSA) is 0 Å². The smallest absolute Gasteiger partial charge is 0.0843 e. The molecule has 0 nitrogen and oxygen atoms in total. The molecule has 16 heavy (non-hydrogen) atoms. The lowest BCUT2D eigenvalue weighted by atomic mass is 9.95. The highest BCUT2D eigenvalue weighted by atomic mass is 79.9. The van der Waals surface area contributed by atoms with Gasteiger partial charge in [-0.25, -0.2) is 0 Å². The zero-order chi connectivity index (χ0) is 12.1. The van der Waals surface area contributed by atoms with Crippen LogP contribution in [0.4, 0.5) is 0 Å². The lowest BCUT2D eigenvalue weighted by molar-refractivity contribution is 0.449. The Morgan fingerprint density at radius 2 is 2.00 bits per heavy atom. The third-order valence-corrected chi connectivity index (χ3v) is 7.69. The number of hydrogen-bond acceptors (Lipinski definition) is 1. The molecule has 92 valence electrons. The number of hydrogen-bond donors (Lipinski definition) is 0. The van der Waals surface area contributed by atoms with Gasteiger partial charge in [-0.05, 0) is 50.3 Å². The third-order valence-electron chi connectivity index (χ3n) is 2.80. The molecule has 1 aromatic heterocycles. The lowest BCUT2D eigenvalue weighted by Crippen LogP contribution is -2.05. The molecule has 0 radical (unpaired) electrons. The Kier molecular flexibility index (Phi) is 7.17. The Morgan fingerprint density at radius 1 is 1.31 bits per heavy atom. The first-order chi connectivity index (χ1) is 7.60. The van der Waals surface area contributed by atoms with Crippen LogP contribution in [0.1, 0.15) is 49.2 Å². The normalized spacial score (nSPS) is 15.1. The largest absolute Gasteiger partial charge is 0.131 e. The minimum atomic E-state index is 0.497. The summed E-state index contributed by atoms with van der Waals surface area (Å²) in [4.78, 5) is 1.92. The van der Waals surface area contributed by atoms with Crippen molar-refractivity contribution in [3.8, 4) is 0 Å². The van der Waals surface area contributed by atoms with Crippen LogP contribution in [0.25, 0.3) is 0 Å². The van der Waals surface area contributed by atoms with Crippen LogP contribution in [0.3, 0.4) is 0 Å². The van der Waals surface area contributed by atoms with Gasteiger partial charge in [-0.2, -0.15) is 0 Å². The molecule has 0 spiro atoms. The maximum atomic E-state index is 3.86. The molecule has 0 N–H and O–H groups in total. The van der Waals surface area contributed by atoms with E-state index in [9.17, 15) is 0 Å². The van der Waals surface area contributed by atoms with Crippen LogP contribution in [0.2, 0.25) is 0 Å². The SMILES string of the molecule is CCCCC(CC)C(Br)c1cc(Br)c(Br)s1. The molecular weight excluding hydrogens is 416 g/mol. The average molecular weight is 433 g/mol. The van der Waals surface area contributed by atoms with Crippen molar-refractivity contribution >= 4 is 59.1 Å². The minimum Gasteiger partial charge on any atom is -0.131 e. The van der Waals surface area contributed by atoms with E-state index < -0.39 is 0 Å². The molecule has 0 saturated carbocycles. The molecule has 1 heterocycles. The van der Waals surface area contributed by atoms with Crippen molar-refractivity contribution in [3.63, 3.8) is 0 Å². The van der Waals surface area contributed by atoms with Crippen LogP contribution < -0.4 is 0 Å². The first-order valence-corrected chi connectivity index (χ1v) is 9.00. The third kappa shape index (κ3) is 4.11. The van der Waals surface area contributed by atoms with Gasteiger partial charge < -0.3 is 0 Å². The van der Waals surface area contributed by atoms with E-state index in [-0.39, 0.29) is 0 Å². The Bertz CT molecular complexity index is 303. The predicted molar refractivity (Wildman–Crippen MR) is 84.7 cm³/mol. The van der Waals surface area contributed by atoms with Crippen LogP contribution in [0.15, 0.2) is 14.3 Å². The molecule has 1 aromatic rings. The van der Waals surface area contributed by atoms with Crippen LogP contribution in [-0.2, 0) is 0 Å². The van der Waals surface area contributed by atoms with E-state index in [4.69, 9.17) is 0 Å². The van der Waals surface area contributed by atoms with Crippen molar-refractivity contribution in [2.24, 2.45) is 5.92 Å². The molecule has 2 atom stereocenters. The van der Waals surface area contributed by atoms with Gasteiger partial charge in [0.25, 0.3) is 0 Å². The maximum absolute atomic E-state index is 3.86. The highest BCUT2D eigenvalue weighted by molar-refractivity contribution is 9.13. The first-order valence-electron chi connectivity index (χ1n) is 5.68. The summed E-state index contributed by atoms with van der Waals surface area (Å²) in [7, 11) is 0. The summed E-state index contributed by atoms with van der Waals surface area (Å²) in [6, 6.07) is 2.22. The zero-order valence-electron chi connectivity index (χ0n) is 9.60. The number of thiophene rings is 1. The van der Waals surface area contributed by atoms with Crippen molar-refractivity contribution in [2.75, 3.05) is 0 Å². The molecular formula is C12H17Br3S. The minimum absolute atomic E-state index is 0.497. The van der Waals surface area contributed by atoms with Crippen LogP contribution in [0.5, 0.6) is 0 Å². The van der Waals surface area contributed by atoms with Gasteiger partial charge in [-0.1, -0.05) is 49.0 Å². The fourth-order valence-electron chi connectivity index (χ4n) is 1.76. The average Bonchev–Trinajstić information content (AvgIpc) is 2.60. The molecule has 0 fully saturated rings. The van der Waals surface area contributed by atoms with Gasteiger partial charge >= 0.3 is 0 Å². The Balaban J connectivity index is 2.70. The number of halogens is 3. The Morgan fingerprint density at radius 3 is 2.44 bits per heavy atom. The maximum Gasteiger partial charge on any atom is 0.0843 e. The van der Waals surface area contributed by atoms with Crippen molar-refractivity contribution < 1.29 is 0 Å². The van der Waals surface area contributed by atoms with E-state index in [1.54, 1.807) is 0 Å². The fourth-order valence-corrected chi connectivity index (χ4v) is 4.97. The van der Waals surface area contributed by atoms with Crippen LogP contribution >= 0.6 is 59.1 Å². The quantitative estimate of drug-likeness (QED) is 0.427. The molecule has 0 saturated heterocycles. The highest BCUT2D eigenvalue weighted by Crippen LogP contribution is 2.43. The van der Waals surface area contributed by atoms with Gasteiger partial charge in [0.2, 0.25) is 0 Å². The van der Waals surface area contributed by atoms with E-state index in [1.165, 1.54) is 38.8 Å². The molecule has 2 unspecified atom stereocenters. The van der Waals surface area contributed by atoms with Crippen LogP contribution in [-0.4, -0.2) is 0 Å². The van der Waals surface area contributed by atoms with Gasteiger partial charge in [0, 0.05) is 9.35 Å². The van der Waals surface area contributed by atoms with E-state index in [1.807, 2.05) is 11.3 Å².